The van der Waals surface area contributed by atoms with Crippen molar-refractivity contribution in [3.63, 3.8) is 0 Å². The van der Waals surface area contributed by atoms with Crippen molar-refractivity contribution in [2.75, 3.05) is 19.1 Å². The molecule has 2 N–H and O–H groups in total. The molecule has 2 aromatic rings. The molecule has 8 nitrogen and oxygen atoms in total. The maximum Gasteiger partial charge on any atom is 0.274 e. The van der Waals surface area contributed by atoms with Gasteiger partial charge in [0.05, 0.1) is 19.9 Å². The number of carbonyl (C=O) groups excluding carboxylic acids is 1. The molecule has 0 fully saturated rings. The van der Waals surface area contributed by atoms with E-state index in [2.05, 4.69) is 21.5 Å². The molecule has 0 aliphatic carbocycles. The number of benzene rings is 1. The van der Waals surface area contributed by atoms with E-state index < -0.39 is 11.7 Å². The molecule has 1 heterocycles. The van der Waals surface area contributed by atoms with Gasteiger partial charge in [0.25, 0.3) is 5.91 Å². The van der Waals surface area contributed by atoms with Crippen LogP contribution in [0.1, 0.15) is 15.9 Å². The fourth-order valence-corrected chi connectivity index (χ4v) is 2.44. The van der Waals surface area contributed by atoms with Crippen molar-refractivity contribution in [3.05, 3.63) is 66.3 Å². The summed E-state index contributed by atoms with van der Waals surface area (Å²) >= 11 is 0. The minimum Gasteiger partial charge on any atom is -0.493 e. The van der Waals surface area contributed by atoms with Crippen molar-refractivity contribution >= 4 is 23.8 Å². The van der Waals surface area contributed by atoms with Crippen LogP contribution in [0.25, 0.3) is 0 Å². The molecule has 28 heavy (non-hydrogen) atoms. The Balaban J connectivity index is 2.53. The first-order chi connectivity index (χ1) is 13.5. The topological polar surface area (TPSA) is 99.4 Å². The molecule has 0 unspecified atom stereocenters. The molecular formula is C19H20FN5O3. The molecule has 0 spiro atoms. The number of nitrogens with zero attached hydrogens (tertiary/aromatic N) is 4. The third kappa shape index (κ3) is 4.77. The van der Waals surface area contributed by atoms with Gasteiger partial charge in [0.15, 0.2) is 17.4 Å². The van der Waals surface area contributed by atoms with Crippen LogP contribution in [0.3, 0.4) is 0 Å². The van der Waals surface area contributed by atoms with Crippen LogP contribution < -0.4 is 15.1 Å². The molecule has 0 aliphatic heterocycles. The van der Waals surface area contributed by atoms with Gasteiger partial charge in [-0.15, -0.1) is 0 Å². The number of hydrogen-bond donors (Lipinski definition) is 2. The number of amidine groups is 1. The molecule has 1 aromatic carbocycles. The maximum absolute atomic E-state index is 14.6. The van der Waals surface area contributed by atoms with E-state index in [1.54, 1.807) is 30.3 Å². The summed E-state index contributed by atoms with van der Waals surface area (Å²) in [5.74, 6) is -0.207. The number of amides is 1. The molecule has 1 aromatic heterocycles. The van der Waals surface area contributed by atoms with Crippen LogP contribution in [-0.2, 0) is 6.54 Å². The Kier molecular flexibility index (Phi) is 7.35. The zero-order chi connectivity index (χ0) is 20.5. The number of methoxy groups -OCH3 is 1. The van der Waals surface area contributed by atoms with Crippen molar-refractivity contribution in [2.45, 2.75) is 6.54 Å². The Hall–Kier alpha value is -3.59. The van der Waals surface area contributed by atoms with Crippen molar-refractivity contribution < 1.29 is 19.1 Å². The molecule has 0 aliphatic rings. The van der Waals surface area contributed by atoms with Crippen LogP contribution in [0, 0.1) is 5.82 Å². The summed E-state index contributed by atoms with van der Waals surface area (Å²) in [4.78, 5) is 25.6. The quantitative estimate of drug-likeness (QED) is 0.330. The number of anilines is 1. The first-order valence-electron chi connectivity index (χ1n) is 8.16. The Morgan fingerprint density at radius 1 is 1.46 bits per heavy atom. The molecule has 0 bridgehead atoms. The highest BCUT2D eigenvalue weighted by Crippen LogP contribution is 2.27. The van der Waals surface area contributed by atoms with Gasteiger partial charge in [-0.2, -0.15) is 0 Å². The standard InChI is InChI=1S/C19H20FN5O3/c1-4-22-17(11-21-2)25(18-16(28-3)6-5-9-23-18)12-14-8-7-13(10-15(14)20)19(26)24-27/h4-11,27H,1,12H2,2-3H3,(H,24,26). The molecule has 2 rings (SSSR count). The molecule has 9 heteroatoms. The summed E-state index contributed by atoms with van der Waals surface area (Å²) in [5, 5.41) is 8.70. The van der Waals surface area contributed by atoms with Gasteiger partial charge in [0.2, 0.25) is 0 Å². The van der Waals surface area contributed by atoms with Crippen LogP contribution in [-0.4, -0.2) is 42.3 Å². The van der Waals surface area contributed by atoms with Gasteiger partial charge in [0, 0.05) is 30.6 Å². The van der Waals surface area contributed by atoms with E-state index in [0.717, 1.165) is 6.07 Å². The Bertz CT molecular complexity index is 914. The van der Waals surface area contributed by atoms with Crippen molar-refractivity contribution in [1.82, 2.24) is 10.5 Å². The smallest absolute Gasteiger partial charge is 0.274 e. The van der Waals surface area contributed by atoms with Crippen molar-refractivity contribution in [3.8, 4) is 5.75 Å². The van der Waals surface area contributed by atoms with E-state index in [0.29, 0.717) is 17.4 Å². The number of aromatic nitrogens is 1. The van der Waals surface area contributed by atoms with E-state index in [9.17, 15) is 9.18 Å². The summed E-state index contributed by atoms with van der Waals surface area (Å²) in [5.41, 5.74) is 1.73. The third-order valence-electron chi connectivity index (χ3n) is 3.72. The Morgan fingerprint density at radius 3 is 2.86 bits per heavy atom. The monoisotopic (exact) mass is 385 g/mol. The van der Waals surface area contributed by atoms with E-state index >= 15 is 0 Å². The predicted molar refractivity (Wildman–Crippen MR) is 105 cm³/mol. The number of aliphatic imine (C=N–C) groups is 2. The number of hydrogen-bond acceptors (Lipinski definition) is 6. The fourth-order valence-electron chi connectivity index (χ4n) is 2.44. The lowest BCUT2D eigenvalue weighted by Crippen LogP contribution is -2.33. The highest BCUT2D eigenvalue weighted by molar-refractivity contribution is 6.35. The number of nitrogens with one attached hydrogen (secondary N) is 1. The second-order valence-electron chi connectivity index (χ2n) is 5.42. The highest BCUT2D eigenvalue weighted by Gasteiger charge is 2.20. The number of rotatable bonds is 7. The lowest BCUT2D eigenvalue weighted by Gasteiger charge is -2.25. The summed E-state index contributed by atoms with van der Waals surface area (Å²) in [6.07, 6.45) is 4.40. The zero-order valence-corrected chi connectivity index (χ0v) is 15.5. The second kappa shape index (κ2) is 9.93. The largest absolute Gasteiger partial charge is 0.493 e. The van der Waals surface area contributed by atoms with Gasteiger partial charge in [0.1, 0.15) is 5.82 Å². The lowest BCUT2D eigenvalue weighted by molar-refractivity contribution is 0.0706. The molecule has 0 atom stereocenters. The SMILES string of the molecule is C=CN=C(C=NC)N(Cc1ccc(C(=O)NO)cc1F)c1ncccc1OC. The average molecular weight is 385 g/mol. The number of ether oxygens (including phenoxy) is 1. The second-order valence-corrected chi connectivity index (χ2v) is 5.42. The molecular weight excluding hydrogens is 365 g/mol. The maximum atomic E-state index is 14.6. The predicted octanol–water partition coefficient (Wildman–Crippen LogP) is 2.60. The number of hydroxylamine groups is 1. The van der Waals surface area contributed by atoms with Gasteiger partial charge in [-0.3, -0.25) is 15.0 Å². The van der Waals surface area contributed by atoms with Crippen LogP contribution in [0.5, 0.6) is 5.75 Å². The van der Waals surface area contributed by atoms with Gasteiger partial charge >= 0.3 is 0 Å². The Morgan fingerprint density at radius 2 is 2.25 bits per heavy atom. The minimum atomic E-state index is -0.805. The van der Waals surface area contributed by atoms with Crippen molar-refractivity contribution in [2.24, 2.45) is 9.98 Å². The Labute approximate surface area is 161 Å². The average Bonchev–Trinajstić information content (AvgIpc) is 2.72. The minimum absolute atomic E-state index is 0.0131. The summed E-state index contributed by atoms with van der Waals surface area (Å²) in [7, 11) is 3.08. The van der Waals surface area contributed by atoms with Gasteiger partial charge in [-0.25, -0.2) is 19.8 Å². The van der Waals surface area contributed by atoms with E-state index in [1.165, 1.54) is 37.1 Å². The van der Waals surface area contributed by atoms with Crippen LogP contribution >= 0.6 is 0 Å². The summed E-state index contributed by atoms with van der Waals surface area (Å²) in [6.45, 7) is 3.62. The number of carbonyl (C=O) groups is 1. The van der Waals surface area contributed by atoms with Gasteiger partial charge in [-0.1, -0.05) is 12.6 Å². The highest BCUT2D eigenvalue weighted by atomic mass is 19.1. The molecule has 146 valence electrons. The van der Waals surface area contributed by atoms with E-state index in [-0.39, 0.29) is 17.7 Å². The number of pyridine rings is 1. The zero-order valence-electron chi connectivity index (χ0n) is 15.5. The van der Waals surface area contributed by atoms with Crippen LogP contribution in [0.15, 0.2) is 59.3 Å². The molecule has 1 amide bonds. The first kappa shape index (κ1) is 20.7. The summed E-state index contributed by atoms with van der Waals surface area (Å²) in [6, 6.07) is 7.30. The van der Waals surface area contributed by atoms with Gasteiger partial charge < -0.3 is 9.64 Å². The number of halogens is 1. The normalized spacial score (nSPS) is 11.4. The van der Waals surface area contributed by atoms with Gasteiger partial charge in [-0.05, 0) is 24.3 Å². The van der Waals surface area contributed by atoms with E-state index in [4.69, 9.17) is 9.94 Å². The first-order valence-corrected chi connectivity index (χ1v) is 8.16. The van der Waals surface area contributed by atoms with Crippen LogP contribution in [0.4, 0.5) is 10.2 Å². The fraction of sp³-hybridized carbons (Fsp3) is 0.158. The molecule has 0 radical (unpaired) electrons. The third-order valence-corrected chi connectivity index (χ3v) is 3.72. The molecule has 0 saturated heterocycles. The molecule has 0 saturated carbocycles. The van der Waals surface area contributed by atoms with Crippen LogP contribution in [0.2, 0.25) is 0 Å². The lowest BCUT2D eigenvalue weighted by atomic mass is 10.1. The van der Waals surface area contributed by atoms with E-state index in [1.807, 2.05) is 0 Å². The summed E-state index contributed by atoms with van der Waals surface area (Å²) < 4.78 is 20.0. The van der Waals surface area contributed by atoms with Crippen molar-refractivity contribution in [1.29, 1.82) is 0 Å².